The maximum absolute atomic E-state index is 12.2. The van der Waals surface area contributed by atoms with Crippen LogP contribution in [0.5, 0.6) is 0 Å². The molecule has 1 saturated heterocycles. The molecule has 5 nitrogen and oxygen atoms in total. The van der Waals surface area contributed by atoms with Gasteiger partial charge in [-0.15, -0.1) is 0 Å². The third-order valence-corrected chi connectivity index (χ3v) is 4.15. The predicted molar refractivity (Wildman–Crippen MR) is 86.9 cm³/mol. The summed E-state index contributed by atoms with van der Waals surface area (Å²) >= 11 is 5.88. The van der Waals surface area contributed by atoms with Crippen molar-refractivity contribution in [3.8, 4) is 6.07 Å². The minimum Gasteiger partial charge on any atom is -0.444 e. The first kappa shape index (κ1) is 17.6. The van der Waals surface area contributed by atoms with Gasteiger partial charge in [0.1, 0.15) is 11.2 Å². The number of carbonyl (C=O) groups excluding carboxylic acids is 1. The molecule has 0 saturated carbocycles. The van der Waals surface area contributed by atoms with E-state index in [-0.39, 0.29) is 13.0 Å². The Morgan fingerprint density at radius 1 is 1.43 bits per heavy atom. The van der Waals surface area contributed by atoms with Crippen LogP contribution in [-0.4, -0.2) is 34.8 Å². The highest BCUT2D eigenvalue weighted by Crippen LogP contribution is 2.38. The number of rotatable bonds is 1. The molecule has 23 heavy (non-hydrogen) atoms. The van der Waals surface area contributed by atoms with E-state index in [0.717, 1.165) is 0 Å². The highest BCUT2D eigenvalue weighted by atomic mass is 35.5. The summed E-state index contributed by atoms with van der Waals surface area (Å²) in [5.41, 5.74) is -1.25. The van der Waals surface area contributed by atoms with E-state index in [2.05, 4.69) is 6.07 Å². The number of hydrogen-bond donors (Lipinski definition) is 1. The maximum Gasteiger partial charge on any atom is 0.410 e. The van der Waals surface area contributed by atoms with Crippen LogP contribution in [0.15, 0.2) is 24.3 Å². The van der Waals surface area contributed by atoms with Crippen LogP contribution in [-0.2, 0) is 10.3 Å². The molecule has 1 N–H and O–H groups in total. The van der Waals surface area contributed by atoms with E-state index in [1.165, 1.54) is 4.90 Å². The standard InChI is InChI=1S/C17H21ClN2O3/c1-16(2,3)23-15(21)20-9-8-17(22,13(10-19)11-20)12-4-6-14(18)7-5-12/h4-7,13,22H,8-9,11H2,1-3H3/t13-,17+/m0/s1. The molecule has 124 valence electrons. The molecule has 1 aromatic rings. The fraction of sp³-hybridized carbons (Fsp3) is 0.529. The number of nitrogens with zero attached hydrogens (tertiary/aromatic N) is 2. The molecule has 2 rings (SSSR count). The summed E-state index contributed by atoms with van der Waals surface area (Å²) in [7, 11) is 0. The minimum absolute atomic E-state index is 0.130. The summed E-state index contributed by atoms with van der Waals surface area (Å²) in [6.45, 7) is 5.83. The Labute approximate surface area is 141 Å². The van der Waals surface area contributed by atoms with E-state index in [4.69, 9.17) is 16.3 Å². The van der Waals surface area contributed by atoms with Gasteiger partial charge in [-0.3, -0.25) is 0 Å². The lowest BCUT2D eigenvalue weighted by molar-refractivity contribution is -0.0611. The Kier molecular flexibility index (Phi) is 4.88. The molecule has 0 spiro atoms. The first-order valence-electron chi connectivity index (χ1n) is 7.52. The van der Waals surface area contributed by atoms with Crippen LogP contribution in [0.1, 0.15) is 32.8 Å². The molecule has 1 amide bonds. The van der Waals surface area contributed by atoms with Crippen LogP contribution in [0.25, 0.3) is 0 Å². The zero-order valence-electron chi connectivity index (χ0n) is 13.5. The van der Waals surface area contributed by atoms with E-state index in [1.807, 2.05) is 0 Å². The summed E-state index contributed by atoms with van der Waals surface area (Å²) in [6, 6.07) is 8.93. The second-order valence-electron chi connectivity index (χ2n) is 6.79. The number of amides is 1. The molecule has 0 bridgehead atoms. The van der Waals surface area contributed by atoms with Crippen molar-refractivity contribution in [1.82, 2.24) is 4.90 Å². The smallest absolute Gasteiger partial charge is 0.410 e. The van der Waals surface area contributed by atoms with Crippen LogP contribution in [0.3, 0.4) is 0 Å². The van der Waals surface area contributed by atoms with Gasteiger partial charge in [-0.2, -0.15) is 5.26 Å². The van der Waals surface area contributed by atoms with Gasteiger partial charge in [-0.05, 0) is 44.9 Å². The first-order valence-corrected chi connectivity index (χ1v) is 7.89. The molecule has 2 atom stereocenters. The van der Waals surface area contributed by atoms with Crippen LogP contribution in [0, 0.1) is 17.2 Å². The van der Waals surface area contributed by atoms with Crippen LogP contribution >= 0.6 is 11.6 Å². The van der Waals surface area contributed by atoms with Crippen molar-refractivity contribution in [1.29, 1.82) is 5.26 Å². The summed E-state index contributed by atoms with van der Waals surface area (Å²) in [6.07, 6.45) is -0.192. The molecule has 0 radical (unpaired) electrons. The van der Waals surface area contributed by atoms with Crippen molar-refractivity contribution in [2.75, 3.05) is 13.1 Å². The molecular formula is C17H21ClN2O3. The van der Waals surface area contributed by atoms with Gasteiger partial charge < -0.3 is 14.7 Å². The number of hydrogen-bond acceptors (Lipinski definition) is 4. The van der Waals surface area contributed by atoms with Crippen LogP contribution < -0.4 is 0 Å². The lowest BCUT2D eigenvalue weighted by Gasteiger charge is -2.42. The number of likely N-dealkylation sites (tertiary alicyclic amines) is 1. The number of benzene rings is 1. The molecule has 1 fully saturated rings. The second kappa shape index (κ2) is 6.38. The van der Waals surface area contributed by atoms with Crippen molar-refractivity contribution < 1.29 is 14.6 Å². The molecule has 1 heterocycles. The number of nitriles is 1. The molecular weight excluding hydrogens is 316 g/mol. The topological polar surface area (TPSA) is 73.6 Å². The largest absolute Gasteiger partial charge is 0.444 e. The van der Waals surface area contributed by atoms with Crippen LogP contribution in [0.2, 0.25) is 5.02 Å². The Hall–Kier alpha value is -1.77. The van der Waals surface area contributed by atoms with Gasteiger partial charge >= 0.3 is 6.09 Å². The fourth-order valence-electron chi connectivity index (χ4n) is 2.67. The maximum atomic E-state index is 12.2. The van der Waals surface area contributed by atoms with Crippen molar-refractivity contribution in [2.45, 2.75) is 38.4 Å². The first-order chi connectivity index (χ1) is 10.7. The molecule has 1 aliphatic rings. The second-order valence-corrected chi connectivity index (χ2v) is 7.23. The Balaban J connectivity index is 2.17. The molecule has 0 aliphatic carbocycles. The number of carbonyl (C=O) groups is 1. The van der Waals surface area contributed by atoms with Gasteiger partial charge in [0.2, 0.25) is 0 Å². The average Bonchev–Trinajstić information content (AvgIpc) is 2.46. The summed E-state index contributed by atoms with van der Waals surface area (Å²) in [5, 5.41) is 21.0. The highest BCUT2D eigenvalue weighted by molar-refractivity contribution is 6.30. The molecule has 0 aromatic heterocycles. The number of piperidine rings is 1. The number of halogens is 1. The normalized spacial score (nSPS) is 24.9. The Bertz CT molecular complexity index is 618. The van der Waals surface area contributed by atoms with Crippen LogP contribution in [0.4, 0.5) is 4.79 Å². The van der Waals surface area contributed by atoms with Crippen molar-refractivity contribution in [3.05, 3.63) is 34.9 Å². The average molecular weight is 337 g/mol. The Morgan fingerprint density at radius 3 is 2.57 bits per heavy atom. The summed E-state index contributed by atoms with van der Waals surface area (Å²) in [4.78, 5) is 13.6. The zero-order valence-corrected chi connectivity index (χ0v) is 14.3. The third kappa shape index (κ3) is 3.95. The van der Waals surface area contributed by atoms with E-state index in [0.29, 0.717) is 17.1 Å². The molecule has 6 heteroatoms. The quantitative estimate of drug-likeness (QED) is 0.853. The summed E-state index contributed by atoms with van der Waals surface area (Å²) < 4.78 is 5.34. The lowest BCUT2D eigenvalue weighted by atomic mass is 9.77. The number of ether oxygens (including phenoxy) is 1. The van der Waals surface area contributed by atoms with Gasteiger partial charge in [-0.25, -0.2) is 4.79 Å². The predicted octanol–water partition coefficient (Wildman–Crippen LogP) is 3.31. The summed E-state index contributed by atoms with van der Waals surface area (Å²) in [5.74, 6) is -0.732. The van der Waals surface area contributed by atoms with Gasteiger partial charge in [0.15, 0.2) is 0 Å². The van der Waals surface area contributed by atoms with E-state index >= 15 is 0 Å². The van der Waals surface area contributed by atoms with Gasteiger partial charge in [0, 0.05) is 18.1 Å². The minimum atomic E-state index is -1.29. The number of aliphatic hydroxyl groups is 1. The molecule has 1 aliphatic heterocycles. The molecule has 1 aromatic carbocycles. The Morgan fingerprint density at radius 2 is 2.04 bits per heavy atom. The van der Waals surface area contributed by atoms with Crippen molar-refractivity contribution in [2.24, 2.45) is 5.92 Å². The van der Waals surface area contributed by atoms with Crippen molar-refractivity contribution >= 4 is 17.7 Å². The van der Waals surface area contributed by atoms with Gasteiger partial charge in [0.05, 0.1) is 12.0 Å². The monoisotopic (exact) mass is 336 g/mol. The zero-order chi connectivity index (χ0) is 17.3. The van der Waals surface area contributed by atoms with Crippen molar-refractivity contribution in [3.63, 3.8) is 0 Å². The third-order valence-electron chi connectivity index (χ3n) is 3.89. The fourth-order valence-corrected chi connectivity index (χ4v) is 2.79. The van der Waals surface area contributed by atoms with E-state index in [9.17, 15) is 15.2 Å². The van der Waals surface area contributed by atoms with E-state index < -0.39 is 23.2 Å². The molecule has 0 unspecified atom stereocenters. The van der Waals surface area contributed by atoms with E-state index in [1.54, 1.807) is 45.0 Å². The van der Waals surface area contributed by atoms with Gasteiger partial charge in [0.25, 0.3) is 0 Å². The SMILES string of the molecule is CC(C)(C)OC(=O)N1CC[C@@](O)(c2ccc(Cl)cc2)[C@@H](C#N)C1. The highest BCUT2D eigenvalue weighted by Gasteiger charge is 2.45. The lowest BCUT2D eigenvalue weighted by Crippen LogP contribution is -2.52. The van der Waals surface area contributed by atoms with Gasteiger partial charge in [-0.1, -0.05) is 23.7 Å².